The van der Waals surface area contributed by atoms with Crippen molar-refractivity contribution < 1.29 is 28.7 Å². The molecule has 0 unspecified atom stereocenters. The number of amides is 2. The van der Waals surface area contributed by atoms with E-state index in [1.54, 1.807) is 46.2 Å². The van der Waals surface area contributed by atoms with Crippen LogP contribution in [0, 0.1) is 0 Å². The summed E-state index contributed by atoms with van der Waals surface area (Å²) in [6.45, 7) is 3.39. The van der Waals surface area contributed by atoms with Gasteiger partial charge in [0.15, 0.2) is 0 Å². The average molecular weight is 682 g/mol. The molecule has 2 heterocycles. The van der Waals surface area contributed by atoms with Crippen LogP contribution < -0.4 is 19.3 Å². The van der Waals surface area contributed by atoms with Crippen LogP contribution in [0.5, 0.6) is 11.5 Å². The Bertz CT molecular complexity index is 2000. The summed E-state index contributed by atoms with van der Waals surface area (Å²) < 4.78 is 11.1. The molecule has 0 radical (unpaired) electrons. The highest BCUT2D eigenvalue weighted by Crippen LogP contribution is 2.47. The first-order valence-electron chi connectivity index (χ1n) is 15.5. The summed E-state index contributed by atoms with van der Waals surface area (Å²) >= 11 is 12.8. The van der Waals surface area contributed by atoms with Crippen molar-refractivity contribution in [3.8, 4) is 11.5 Å². The zero-order valence-electron chi connectivity index (χ0n) is 26.2. The molecule has 2 amide bonds. The van der Waals surface area contributed by atoms with Crippen LogP contribution in [-0.4, -0.2) is 48.6 Å². The fourth-order valence-corrected chi connectivity index (χ4v) is 7.51. The predicted molar refractivity (Wildman–Crippen MR) is 187 cm³/mol. The number of carbonyl (C=O) groups excluding carboxylic acids is 4. The fourth-order valence-electron chi connectivity index (χ4n) is 7.01. The van der Waals surface area contributed by atoms with Crippen molar-refractivity contribution in [2.45, 2.75) is 25.7 Å². The predicted octanol–water partition coefficient (Wildman–Crippen LogP) is 7.81. The maximum atomic E-state index is 14.0. The third-order valence-corrected chi connectivity index (χ3v) is 9.75. The third-order valence-electron chi connectivity index (χ3n) is 9.01. The average Bonchev–Trinajstić information content (AvgIpc) is 3.66. The molecule has 5 aromatic rings. The minimum Gasteiger partial charge on any atom is -0.426 e. The van der Waals surface area contributed by atoms with Crippen LogP contribution in [0.3, 0.4) is 0 Å². The van der Waals surface area contributed by atoms with Crippen LogP contribution in [0.25, 0.3) is 21.5 Å². The first-order chi connectivity index (χ1) is 23.2. The van der Waals surface area contributed by atoms with Crippen LogP contribution >= 0.6 is 23.2 Å². The maximum absolute atomic E-state index is 14.0. The molecule has 2 aliphatic heterocycles. The van der Waals surface area contributed by atoms with E-state index in [0.717, 1.165) is 32.7 Å². The Kier molecular flexibility index (Phi) is 8.31. The number of esters is 2. The molecule has 8 nitrogen and oxygen atoms in total. The number of benzene rings is 5. The van der Waals surface area contributed by atoms with Gasteiger partial charge >= 0.3 is 11.9 Å². The summed E-state index contributed by atoms with van der Waals surface area (Å²) in [7, 11) is 0. The van der Waals surface area contributed by atoms with Crippen molar-refractivity contribution in [1.82, 2.24) is 0 Å². The normalized spacial score (nSPS) is 16.6. The van der Waals surface area contributed by atoms with Crippen molar-refractivity contribution in [3.63, 3.8) is 0 Å². The highest BCUT2D eigenvalue weighted by Gasteiger charge is 2.37. The number of hydrogen-bond acceptors (Lipinski definition) is 6. The van der Waals surface area contributed by atoms with E-state index in [1.807, 2.05) is 48.5 Å². The van der Waals surface area contributed by atoms with Crippen LogP contribution in [0.1, 0.15) is 57.5 Å². The number of hydrogen-bond donors (Lipinski definition) is 0. The Morgan fingerprint density at radius 1 is 0.604 bits per heavy atom. The topological polar surface area (TPSA) is 93.2 Å². The quantitative estimate of drug-likeness (QED) is 0.103. The Morgan fingerprint density at radius 3 is 1.29 bits per heavy atom. The van der Waals surface area contributed by atoms with Crippen molar-refractivity contribution in [1.29, 1.82) is 0 Å². The highest BCUT2D eigenvalue weighted by molar-refractivity contribution is 6.20. The lowest BCUT2D eigenvalue weighted by molar-refractivity contribution is -0.132. The Morgan fingerprint density at radius 2 is 0.958 bits per heavy atom. The molecule has 0 aliphatic carbocycles. The van der Waals surface area contributed by atoms with E-state index in [4.69, 9.17) is 32.7 Å². The lowest BCUT2D eigenvalue weighted by Gasteiger charge is -2.21. The number of nitrogens with zero attached hydrogens (tertiary/aromatic N) is 2. The zero-order valence-corrected chi connectivity index (χ0v) is 27.7. The van der Waals surface area contributed by atoms with Gasteiger partial charge in [0.1, 0.15) is 11.5 Å². The molecule has 242 valence electrons. The Hall–Kier alpha value is -4.92. The molecule has 0 aromatic heterocycles. The lowest BCUT2D eigenvalue weighted by Crippen LogP contribution is -2.31. The smallest absolute Gasteiger partial charge is 0.308 e. The molecule has 0 fully saturated rings. The molecule has 10 heteroatoms. The van der Waals surface area contributed by atoms with Gasteiger partial charge in [0.05, 0.1) is 11.4 Å². The van der Waals surface area contributed by atoms with Crippen molar-refractivity contribution >= 4 is 79.9 Å². The molecular formula is C38H30Cl2N2O6. The minimum atomic E-state index is -0.459. The van der Waals surface area contributed by atoms with Crippen molar-refractivity contribution in [3.05, 3.63) is 107 Å². The zero-order chi connectivity index (χ0) is 33.7. The van der Waals surface area contributed by atoms with Gasteiger partial charge in [-0.05, 0) is 46.2 Å². The standard InChI is InChI=1S/C38H30Cl2N2O6/c1-21(43)47-33-15-31-35(29-9-5-3-7-27(29)33)25(17-39)19-41(31)37(45)23-11-13-24(14-12-23)38(46)42-20-26(18-40)36-30-10-6-4-8-28(30)34(16-32(36)42)48-22(2)44/h3-16,25-26H,17-20H2,1-2H3/t25-,26-/m1/s1. The van der Waals surface area contributed by atoms with Crippen molar-refractivity contribution in [2.75, 3.05) is 34.6 Å². The van der Waals surface area contributed by atoms with E-state index in [-0.39, 0.29) is 23.7 Å². The number of fused-ring (bicyclic) bond motifs is 6. The summed E-state index contributed by atoms with van der Waals surface area (Å²) in [5.74, 6) is -0.351. The molecule has 0 bridgehead atoms. The molecule has 48 heavy (non-hydrogen) atoms. The summed E-state index contributed by atoms with van der Waals surface area (Å²) in [5, 5.41) is 3.29. The number of halogens is 2. The van der Waals surface area contributed by atoms with E-state index in [0.29, 0.717) is 58.9 Å². The van der Waals surface area contributed by atoms with Crippen LogP contribution in [-0.2, 0) is 9.59 Å². The second kappa shape index (κ2) is 12.6. The summed E-state index contributed by atoms with van der Waals surface area (Å²) in [4.78, 5) is 55.2. The molecule has 2 aliphatic rings. The number of alkyl halides is 2. The lowest BCUT2D eigenvalue weighted by atomic mass is 9.95. The number of ether oxygens (including phenoxy) is 2. The molecule has 5 aromatic carbocycles. The van der Waals surface area contributed by atoms with E-state index in [9.17, 15) is 19.2 Å². The van der Waals surface area contributed by atoms with Crippen LogP contribution in [0.15, 0.2) is 84.9 Å². The van der Waals surface area contributed by atoms with Gasteiger partial charge in [0.2, 0.25) is 0 Å². The molecule has 7 rings (SSSR count). The maximum Gasteiger partial charge on any atom is 0.308 e. The fraction of sp³-hybridized carbons (Fsp3) is 0.211. The van der Waals surface area contributed by atoms with Crippen LogP contribution in [0.2, 0.25) is 0 Å². The third kappa shape index (κ3) is 5.35. The molecular weight excluding hydrogens is 651 g/mol. The van der Waals surface area contributed by atoms with Gasteiger partial charge in [0, 0.05) is 84.6 Å². The highest BCUT2D eigenvalue weighted by atomic mass is 35.5. The molecule has 0 saturated carbocycles. The van der Waals surface area contributed by atoms with Gasteiger partial charge in [-0.2, -0.15) is 0 Å². The van der Waals surface area contributed by atoms with Crippen LogP contribution in [0.4, 0.5) is 11.4 Å². The summed E-state index contributed by atoms with van der Waals surface area (Å²) in [6.07, 6.45) is 0. The van der Waals surface area contributed by atoms with E-state index in [2.05, 4.69) is 0 Å². The van der Waals surface area contributed by atoms with Crippen molar-refractivity contribution in [2.24, 2.45) is 0 Å². The summed E-state index contributed by atoms with van der Waals surface area (Å²) in [6, 6.07) is 25.2. The number of carbonyl (C=O) groups is 4. The Balaban J connectivity index is 1.21. The van der Waals surface area contributed by atoms with Gasteiger partial charge in [0.25, 0.3) is 11.8 Å². The van der Waals surface area contributed by atoms with Gasteiger partial charge in [-0.3, -0.25) is 19.2 Å². The van der Waals surface area contributed by atoms with Gasteiger partial charge in [-0.15, -0.1) is 23.2 Å². The van der Waals surface area contributed by atoms with Gasteiger partial charge in [-0.25, -0.2) is 0 Å². The van der Waals surface area contributed by atoms with Gasteiger partial charge < -0.3 is 19.3 Å². The molecule has 0 N–H and O–H groups in total. The number of anilines is 2. The first kappa shape index (κ1) is 31.7. The monoisotopic (exact) mass is 680 g/mol. The largest absolute Gasteiger partial charge is 0.426 e. The second-order valence-corrected chi connectivity index (χ2v) is 12.6. The summed E-state index contributed by atoms with van der Waals surface area (Å²) in [5.41, 5.74) is 3.91. The molecule has 0 spiro atoms. The molecule has 0 saturated heterocycles. The Labute approximate surface area is 286 Å². The van der Waals surface area contributed by atoms with E-state index >= 15 is 0 Å². The molecule has 2 atom stereocenters. The van der Waals surface area contributed by atoms with E-state index < -0.39 is 11.9 Å². The SMILES string of the molecule is CC(=O)Oc1cc2c(c3ccccc13)[C@H](CCl)CN2C(=O)c1ccc(C(=O)N2C[C@@H](CCl)c3c2cc(OC(C)=O)c2ccccc32)cc1. The number of rotatable bonds is 6. The van der Waals surface area contributed by atoms with E-state index in [1.165, 1.54) is 13.8 Å². The van der Waals surface area contributed by atoms with Gasteiger partial charge in [-0.1, -0.05) is 48.5 Å². The second-order valence-electron chi connectivity index (χ2n) is 12.0. The first-order valence-corrected chi connectivity index (χ1v) is 16.6. The minimum absolute atomic E-state index is 0.124.